The standard InChI is InChI=1S/C15H27N/c1-7-13(5)16-11-14(6)9-15(8-2,10-14)12(3)4/h16H,3,5,7-11H2,1-2,4,6H3. The quantitative estimate of drug-likeness (QED) is 0.660. The van der Waals surface area contributed by atoms with Gasteiger partial charge in [0.1, 0.15) is 0 Å². The van der Waals surface area contributed by atoms with Crippen molar-refractivity contribution in [3.8, 4) is 0 Å². The lowest BCUT2D eigenvalue weighted by Gasteiger charge is -2.56. The van der Waals surface area contributed by atoms with Crippen LogP contribution in [-0.2, 0) is 0 Å². The monoisotopic (exact) mass is 221 g/mol. The van der Waals surface area contributed by atoms with E-state index in [0.29, 0.717) is 10.8 Å². The third kappa shape index (κ3) is 2.50. The molecule has 1 N–H and O–H groups in total. The molecule has 1 aliphatic carbocycles. The zero-order valence-electron chi connectivity index (χ0n) is 11.4. The molecule has 0 aromatic heterocycles. The Bertz CT molecular complexity index is 282. The smallest absolute Gasteiger partial charge is 0.0198 e. The van der Waals surface area contributed by atoms with Gasteiger partial charge in [0, 0.05) is 12.2 Å². The van der Waals surface area contributed by atoms with Crippen LogP contribution in [0, 0.1) is 10.8 Å². The van der Waals surface area contributed by atoms with Crippen LogP contribution >= 0.6 is 0 Å². The molecule has 1 rings (SSSR count). The van der Waals surface area contributed by atoms with E-state index >= 15 is 0 Å². The number of hydrogen-bond donors (Lipinski definition) is 1. The summed E-state index contributed by atoms with van der Waals surface area (Å²) in [5, 5.41) is 3.45. The van der Waals surface area contributed by atoms with E-state index in [1.807, 2.05) is 0 Å². The van der Waals surface area contributed by atoms with Crippen LogP contribution in [0.2, 0.25) is 0 Å². The van der Waals surface area contributed by atoms with E-state index < -0.39 is 0 Å². The van der Waals surface area contributed by atoms with Crippen LogP contribution in [0.4, 0.5) is 0 Å². The molecule has 0 unspecified atom stereocenters. The zero-order valence-corrected chi connectivity index (χ0v) is 11.4. The van der Waals surface area contributed by atoms with E-state index in [4.69, 9.17) is 0 Å². The van der Waals surface area contributed by atoms with Crippen molar-refractivity contribution >= 4 is 0 Å². The molecule has 0 radical (unpaired) electrons. The summed E-state index contributed by atoms with van der Waals surface area (Å²) in [6, 6.07) is 0. The molecule has 0 amide bonds. The summed E-state index contributed by atoms with van der Waals surface area (Å²) in [6.07, 6.45) is 4.80. The summed E-state index contributed by atoms with van der Waals surface area (Å²) in [6.45, 7) is 18.2. The minimum absolute atomic E-state index is 0.421. The van der Waals surface area contributed by atoms with Gasteiger partial charge in [0.05, 0.1) is 0 Å². The van der Waals surface area contributed by atoms with Gasteiger partial charge in [0.25, 0.3) is 0 Å². The summed E-state index contributed by atoms with van der Waals surface area (Å²) in [5.41, 5.74) is 3.38. The van der Waals surface area contributed by atoms with E-state index in [9.17, 15) is 0 Å². The van der Waals surface area contributed by atoms with Crippen molar-refractivity contribution in [1.82, 2.24) is 5.32 Å². The lowest BCUT2D eigenvalue weighted by Crippen LogP contribution is -2.49. The van der Waals surface area contributed by atoms with Gasteiger partial charge in [0.2, 0.25) is 0 Å². The van der Waals surface area contributed by atoms with Crippen molar-refractivity contribution < 1.29 is 0 Å². The van der Waals surface area contributed by atoms with Crippen LogP contribution in [0.5, 0.6) is 0 Å². The Morgan fingerprint density at radius 2 is 1.81 bits per heavy atom. The molecule has 1 heteroatoms. The van der Waals surface area contributed by atoms with Gasteiger partial charge >= 0.3 is 0 Å². The zero-order chi connectivity index (χ0) is 12.4. The van der Waals surface area contributed by atoms with Crippen molar-refractivity contribution in [1.29, 1.82) is 0 Å². The molecule has 0 saturated heterocycles. The molecule has 0 bridgehead atoms. The minimum Gasteiger partial charge on any atom is -0.388 e. The van der Waals surface area contributed by atoms with Crippen LogP contribution in [0.15, 0.2) is 24.4 Å². The van der Waals surface area contributed by atoms with Gasteiger partial charge in [0.15, 0.2) is 0 Å². The average Bonchev–Trinajstić information content (AvgIpc) is 2.21. The van der Waals surface area contributed by atoms with Crippen molar-refractivity contribution in [2.75, 3.05) is 6.54 Å². The van der Waals surface area contributed by atoms with Crippen LogP contribution in [0.1, 0.15) is 53.4 Å². The predicted octanol–water partition coefficient (Wildman–Crippen LogP) is 4.27. The van der Waals surface area contributed by atoms with E-state index in [1.165, 1.54) is 24.8 Å². The normalized spacial score (nSPS) is 33.0. The Morgan fingerprint density at radius 3 is 2.19 bits per heavy atom. The molecule has 92 valence electrons. The van der Waals surface area contributed by atoms with Crippen LogP contribution < -0.4 is 5.32 Å². The maximum absolute atomic E-state index is 4.16. The summed E-state index contributed by atoms with van der Waals surface area (Å²) in [7, 11) is 0. The maximum atomic E-state index is 4.16. The first-order chi connectivity index (χ1) is 7.37. The Kier molecular flexibility index (Phi) is 3.88. The van der Waals surface area contributed by atoms with Crippen LogP contribution in [0.3, 0.4) is 0 Å². The first-order valence-corrected chi connectivity index (χ1v) is 6.45. The van der Waals surface area contributed by atoms with Gasteiger partial charge < -0.3 is 5.32 Å². The number of hydrogen-bond acceptors (Lipinski definition) is 1. The second kappa shape index (κ2) is 4.65. The number of rotatable bonds is 6. The fourth-order valence-electron chi connectivity index (χ4n) is 3.02. The highest BCUT2D eigenvalue weighted by molar-refractivity contribution is 5.17. The highest BCUT2D eigenvalue weighted by Gasteiger charge is 2.50. The Morgan fingerprint density at radius 1 is 1.25 bits per heavy atom. The topological polar surface area (TPSA) is 12.0 Å². The molecule has 1 aliphatic rings. The molecule has 16 heavy (non-hydrogen) atoms. The molecule has 0 aromatic carbocycles. The third-order valence-corrected chi connectivity index (χ3v) is 4.30. The third-order valence-electron chi connectivity index (χ3n) is 4.30. The summed E-state index contributed by atoms with van der Waals surface area (Å²) in [4.78, 5) is 0. The summed E-state index contributed by atoms with van der Waals surface area (Å²) in [5.74, 6) is 0. The van der Waals surface area contributed by atoms with Crippen LogP contribution in [0.25, 0.3) is 0 Å². The largest absolute Gasteiger partial charge is 0.388 e. The highest BCUT2D eigenvalue weighted by atomic mass is 14.9. The molecule has 0 atom stereocenters. The first kappa shape index (κ1) is 13.3. The SMILES string of the molecule is C=C(CC)NCC1(C)CC(CC)(C(=C)C)C1. The van der Waals surface area contributed by atoms with Crippen molar-refractivity contribution in [2.45, 2.75) is 53.4 Å². The van der Waals surface area contributed by atoms with Gasteiger partial charge in [-0.15, -0.1) is 0 Å². The van der Waals surface area contributed by atoms with E-state index in [1.54, 1.807) is 0 Å². The van der Waals surface area contributed by atoms with Gasteiger partial charge in [-0.05, 0) is 43.4 Å². The van der Waals surface area contributed by atoms with Crippen molar-refractivity contribution in [3.63, 3.8) is 0 Å². The molecule has 0 aromatic rings. The highest BCUT2D eigenvalue weighted by Crippen LogP contribution is 2.59. The second-order valence-corrected chi connectivity index (χ2v) is 5.89. The van der Waals surface area contributed by atoms with E-state index in [0.717, 1.165) is 18.7 Å². The fraction of sp³-hybridized carbons (Fsp3) is 0.733. The molecular formula is C15H27N. The second-order valence-electron chi connectivity index (χ2n) is 5.89. The molecule has 1 nitrogen and oxygen atoms in total. The molecule has 1 fully saturated rings. The lowest BCUT2D eigenvalue weighted by atomic mass is 9.50. The number of allylic oxidation sites excluding steroid dienone is 2. The Labute approximate surface area is 101 Å². The lowest BCUT2D eigenvalue weighted by molar-refractivity contribution is 0.00271. The predicted molar refractivity (Wildman–Crippen MR) is 72.3 cm³/mol. The van der Waals surface area contributed by atoms with E-state index in [-0.39, 0.29) is 0 Å². The molecule has 0 aliphatic heterocycles. The summed E-state index contributed by atoms with van der Waals surface area (Å²) >= 11 is 0. The summed E-state index contributed by atoms with van der Waals surface area (Å²) < 4.78 is 0. The average molecular weight is 221 g/mol. The van der Waals surface area contributed by atoms with Crippen LogP contribution in [-0.4, -0.2) is 6.54 Å². The van der Waals surface area contributed by atoms with Crippen molar-refractivity contribution in [3.05, 3.63) is 24.4 Å². The van der Waals surface area contributed by atoms with E-state index in [2.05, 4.69) is 46.2 Å². The first-order valence-electron chi connectivity index (χ1n) is 6.45. The van der Waals surface area contributed by atoms with Crippen molar-refractivity contribution in [2.24, 2.45) is 10.8 Å². The number of nitrogens with one attached hydrogen (secondary N) is 1. The fourth-order valence-corrected chi connectivity index (χ4v) is 3.02. The molecule has 0 spiro atoms. The maximum Gasteiger partial charge on any atom is 0.0198 e. The molecular weight excluding hydrogens is 194 g/mol. The molecule has 1 saturated carbocycles. The minimum atomic E-state index is 0.421. The molecule has 0 heterocycles. The van der Waals surface area contributed by atoms with Gasteiger partial charge in [-0.25, -0.2) is 0 Å². The Balaban J connectivity index is 2.48. The Hall–Kier alpha value is -0.720. The van der Waals surface area contributed by atoms with Gasteiger partial charge in [-0.3, -0.25) is 0 Å². The van der Waals surface area contributed by atoms with Gasteiger partial charge in [-0.1, -0.05) is 39.5 Å². The van der Waals surface area contributed by atoms with Gasteiger partial charge in [-0.2, -0.15) is 0 Å².